The number of nitrogens with zero attached hydrogens (tertiary/aromatic N) is 3. The Bertz CT molecular complexity index is 951. The molecule has 3 rings (SSSR count). The van der Waals surface area contributed by atoms with Crippen molar-refractivity contribution in [2.75, 3.05) is 0 Å². The lowest BCUT2D eigenvalue weighted by Crippen LogP contribution is -2.29. The molecule has 6 nitrogen and oxygen atoms in total. The predicted molar refractivity (Wildman–Crippen MR) is 84.2 cm³/mol. The highest BCUT2D eigenvalue weighted by molar-refractivity contribution is 6.09. The molecule has 1 aromatic carbocycles. The van der Waals surface area contributed by atoms with Crippen LogP contribution in [0.2, 0.25) is 0 Å². The van der Waals surface area contributed by atoms with Gasteiger partial charge in [-0.2, -0.15) is 5.10 Å². The number of fused-ring (bicyclic) bond motifs is 3. The number of hydrogen-bond acceptors (Lipinski definition) is 3. The minimum atomic E-state index is -1.08. The number of carboxylic acid groups (broad SMARTS) is 1. The molecular formula is C16H17N3O3. The summed E-state index contributed by atoms with van der Waals surface area (Å²) in [5.41, 5.74) is 1.81. The zero-order valence-electron chi connectivity index (χ0n) is 12.7. The van der Waals surface area contributed by atoms with Gasteiger partial charge in [0, 0.05) is 23.3 Å². The zero-order chi connectivity index (χ0) is 16.0. The third-order valence-corrected chi connectivity index (χ3v) is 3.86. The molecule has 0 atom stereocenters. The molecule has 0 bridgehead atoms. The Morgan fingerprint density at radius 3 is 2.64 bits per heavy atom. The first kappa shape index (κ1) is 14.3. The molecule has 0 aliphatic heterocycles. The summed E-state index contributed by atoms with van der Waals surface area (Å²) in [6, 6.07) is 7.75. The maximum Gasteiger partial charge on any atom is 0.325 e. The maximum absolute atomic E-state index is 12.6. The average Bonchev–Trinajstić information content (AvgIpc) is 2.76. The van der Waals surface area contributed by atoms with E-state index in [1.807, 2.05) is 49.7 Å². The van der Waals surface area contributed by atoms with E-state index in [0.29, 0.717) is 5.52 Å². The first-order valence-electron chi connectivity index (χ1n) is 7.11. The number of rotatable bonds is 3. The van der Waals surface area contributed by atoms with Crippen LogP contribution in [0.3, 0.4) is 0 Å². The molecule has 0 radical (unpaired) electrons. The fourth-order valence-electron chi connectivity index (χ4n) is 2.89. The summed E-state index contributed by atoms with van der Waals surface area (Å²) in [5.74, 6) is -1.00. The molecule has 0 spiro atoms. The van der Waals surface area contributed by atoms with Gasteiger partial charge in [-0.25, -0.2) is 4.68 Å². The molecule has 2 aromatic heterocycles. The van der Waals surface area contributed by atoms with Gasteiger partial charge in [0.1, 0.15) is 12.1 Å². The molecule has 114 valence electrons. The smallest absolute Gasteiger partial charge is 0.325 e. The number of para-hydroxylation sites is 1. The summed E-state index contributed by atoms with van der Waals surface area (Å²) < 4.78 is 2.86. The summed E-state index contributed by atoms with van der Waals surface area (Å²) in [4.78, 5) is 23.6. The largest absolute Gasteiger partial charge is 0.480 e. The second-order valence-corrected chi connectivity index (χ2v) is 5.70. The van der Waals surface area contributed by atoms with Gasteiger partial charge in [-0.15, -0.1) is 0 Å². The van der Waals surface area contributed by atoms with Gasteiger partial charge in [0.25, 0.3) is 5.56 Å². The van der Waals surface area contributed by atoms with Crippen LogP contribution in [0, 0.1) is 0 Å². The van der Waals surface area contributed by atoms with Crippen LogP contribution in [0.1, 0.15) is 25.5 Å². The summed E-state index contributed by atoms with van der Waals surface area (Å²) in [7, 11) is 1.82. The van der Waals surface area contributed by atoms with Gasteiger partial charge in [-0.3, -0.25) is 9.59 Å². The Morgan fingerprint density at radius 1 is 1.32 bits per heavy atom. The lowest BCUT2D eigenvalue weighted by Gasteiger charge is -2.10. The number of carbonyl (C=O) groups is 1. The molecule has 0 aliphatic rings. The van der Waals surface area contributed by atoms with Crippen molar-refractivity contribution in [3.63, 3.8) is 0 Å². The van der Waals surface area contributed by atoms with Gasteiger partial charge in [0.05, 0.1) is 5.69 Å². The van der Waals surface area contributed by atoms with E-state index < -0.39 is 12.5 Å². The van der Waals surface area contributed by atoms with Crippen LogP contribution in [0.25, 0.3) is 21.8 Å². The first-order valence-corrected chi connectivity index (χ1v) is 7.11. The Morgan fingerprint density at radius 2 is 2.00 bits per heavy atom. The highest BCUT2D eigenvalue weighted by atomic mass is 16.4. The standard InChI is InChI=1S/C16H17N3O3/c1-9(2)14-13-10-6-4-5-7-11(10)18(3)15(13)16(22)19(17-14)8-12(20)21/h4-7,9H,8H2,1-3H3,(H,20,21). The third kappa shape index (κ3) is 1.99. The molecule has 22 heavy (non-hydrogen) atoms. The van der Waals surface area contributed by atoms with E-state index in [1.54, 1.807) is 0 Å². The average molecular weight is 299 g/mol. The van der Waals surface area contributed by atoms with E-state index in [2.05, 4.69) is 5.10 Å². The minimum Gasteiger partial charge on any atom is -0.480 e. The van der Waals surface area contributed by atoms with Gasteiger partial charge < -0.3 is 9.67 Å². The lowest BCUT2D eigenvalue weighted by atomic mass is 10.0. The number of carboxylic acids is 1. The van der Waals surface area contributed by atoms with Crippen LogP contribution in [0.15, 0.2) is 29.1 Å². The summed E-state index contributed by atoms with van der Waals surface area (Å²) >= 11 is 0. The first-order chi connectivity index (χ1) is 10.4. The molecule has 0 amide bonds. The summed E-state index contributed by atoms with van der Waals surface area (Å²) in [5, 5.41) is 15.1. The highest BCUT2D eigenvalue weighted by Crippen LogP contribution is 2.30. The molecule has 1 N–H and O–H groups in total. The second-order valence-electron chi connectivity index (χ2n) is 5.70. The topological polar surface area (TPSA) is 77.1 Å². The fraction of sp³-hybridized carbons (Fsp3) is 0.312. The summed E-state index contributed by atoms with van der Waals surface area (Å²) in [6.07, 6.45) is 0. The Kier molecular flexibility index (Phi) is 3.24. The van der Waals surface area contributed by atoms with Crippen molar-refractivity contribution in [2.45, 2.75) is 26.3 Å². The number of aliphatic carboxylic acids is 1. The van der Waals surface area contributed by atoms with Crippen molar-refractivity contribution in [1.82, 2.24) is 14.3 Å². The number of benzene rings is 1. The molecule has 3 aromatic rings. The molecule has 0 aliphatic carbocycles. The Balaban J connectivity index is 2.54. The van der Waals surface area contributed by atoms with Gasteiger partial charge in [-0.05, 0) is 12.0 Å². The molecule has 0 unspecified atom stereocenters. The van der Waals surface area contributed by atoms with Crippen molar-refractivity contribution in [2.24, 2.45) is 7.05 Å². The normalized spacial score (nSPS) is 11.6. The quantitative estimate of drug-likeness (QED) is 0.803. The minimum absolute atomic E-state index is 0.0777. The van der Waals surface area contributed by atoms with Crippen LogP contribution < -0.4 is 5.56 Å². The van der Waals surface area contributed by atoms with E-state index in [1.165, 1.54) is 0 Å². The van der Waals surface area contributed by atoms with Crippen molar-refractivity contribution >= 4 is 27.8 Å². The predicted octanol–water partition coefficient (Wildman–Crippen LogP) is 2.10. The van der Waals surface area contributed by atoms with Crippen LogP contribution in [-0.4, -0.2) is 25.4 Å². The van der Waals surface area contributed by atoms with Crippen molar-refractivity contribution in [3.8, 4) is 0 Å². The van der Waals surface area contributed by atoms with Gasteiger partial charge in [0.15, 0.2) is 0 Å². The van der Waals surface area contributed by atoms with Crippen molar-refractivity contribution in [1.29, 1.82) is 0 Å². The van der Waals surface area contributed by atoms with E-state index in [-0.39, 0.29) is 11.5 Å². The second kappa shape index (κ2) is 4.98. The maximum atomic E-state index is 12.6. The SMILES string of the molecule is CC(C)c1nn(CC(=O)O)c(=O)c2c1c1ccccc1n2C. The fourth-order valence-corrected chi connectivity index (χ4v) is 2.89. The van der Waals surface area contributed by atoms with E-state index in [0.717, 1.165) is 26.7 Å². The Labute approximate surface area is 126 Å². The van der Waals surface area contributed by atoms with Crippen molar-refractivity contribution in [3.05, 3.63) is 40.3 Å². The van der Waals surface area contributed by atoms with Gasteiger partial charge in [-0.1, -0.05) is 32.0 Å². The third-order valence-electron chi connectivity index (χ3n) is 3.86. The van der Waals surface area contributed by atoms with Crippen LogP contribution in [-0.2, 0) is 18.4 Å². The molecule has 0 saturated heterocycles. The van der Waals surface area contributed by atoms with E-state index in [9.17, 15) is 9.59 Å². The van der Waals surface area contributed by atoms with Crippen LogP contribution in [0.4, 0.5) is 0 Å². The monoisotopic (exact) mass is 299 g/mol. The number of hydrogen-bond donors (Lipinski definition) is 1. The molecule has 0 fully saturated rings. The number of aromatic nitrogens is 3. The zero-order valence-corrected chi connectivity index (χ0v) is 12.7. The van der Waals surface area contributed by atoms with Gasteiger partial charge >= 0.3 is 5.97 Å². The molecular weight excluding hydrogens is 282 g/mol. The molecule has 2 heterocycles. The Hall–Kier alpha value is -2.63. The van der Waals surface area contributed by atoms with Crippen LogP contribution >= 0.6 is 0 Å². The van der Waals surface area contributed by atoms with Gasteiger partial charge in [0.2, 0.25) is 0 Å². The van der Waals surface area contributed by atoms with E-state index >= 15 is 0 Å². The van der Waals surface area contributed by atoms with Crippen LogP contribution in [0.5, 0.6) is 0 Å². The summed E-state index contributed by atoms with van der Waals surface area (Å²) in [6.45, 7) is 3.54. The molecule has 6 heteroatoms. The lowest BCUT2D eigenvalue weighted by molar-refractivity contribution is -0.138. The number of aryl methyl sites for hydroxylation is 1. The highest BCUT2D eigenvalue weighted by Gasteiger charge is 2.20. The van der Waals surface area contributed by atoms with Crippen molar-refractivity contribution < 1.29 is 9.90 Å². The molecule has 0 saturated carbocycles. The van der Waals surface area contributed by atoms with E-state index in [4.69, 9.17) is 5.11 Å².